The number of nitrogens with two attached hydrogens (primary N) is 1. The highest BCUT2D eigenvalue weighted by molar-refractivity contribution is 7.91. The number of hydrogen-bond acceptors (Lipinski definition) is 6. The van der Waals surface area contributed by atoms with Crippen LogP contribution in [-0.4, -0.2) is 30.7 Å². The van der Waals surface area contributed by atoms with Crippen molar-refractivity contribution in [2.45, 2.75) is 12.1 Å². The molecule has 0 aliphatic carbocycles. The number of sulfone groups is 1. The van der Waals surface area contributed by atoms with Gasteiger partial charge in [-0.3, -0.25) is 4.79 Å². The molecule has 1 amide bonds. The number of nitrogens with zero attached hydrogens (tertiary/aromatic N) is 2. The Kier molecular flexibility index (Phi) is 5.20. The van der Waals surface area contributed by atoms with Crippen LogP contribution < -0.4 is 10.5 Å². The second-order valence-corrected chi connectivity index (χ2v) is 9.21. The number of carbonyl (C=O) groups is 1. The average molecular weight is 437 g/mol. The minimum absolute atomic E-state index is 0.123. The lowest BCUT2D eigenvalue weighted by Gasteiger charge is -2.12. The molecule has 0 bridgehead atoms. The van der Waals surface area contributed by atoms with E-state index in [1.807, 2.05) is 47.0 Å². The maximum absolute atomic E-state index is 12.2. The van der Waals surface area contributed by atoms with Crippen LogP contribution in [0.5, 0.6) is 5.75 Å². The molecule has 0 aliphatic rings. The second kappa shape index (κ2) is 7.84. The molecule has 1 heterocycles. The van der Waals surface area contributed by atoms with Gasteiger partial charge in [0.25, 0.3) is 0 Å². The van der Waals surface area contributed by atoms with E-state index in [-0.39, 0.29) is 11.3 Å². The molecule has 0 fully saturated rings. The van der Waals surface area contributed by atoms with Gasteiger partial charge < -0.3 is 15.0 Å². The molecule has 0 radical (unpaired) electrons. The van der Waals surface area contributed by atoms with Crippen LogP contribution in [0.3, 0.4) is 0 Å². The molecule has 3 aromatic carbocycles. The highest BCUT2D eigenvalue weighted by Crippen LogP contribution is 2.38. The van der Waals surface area contributed by atoms with E-state index in [4.69, 9.17) is 10.5 Å². The molecule has 2 N–H and O–H groups in total. The van der Waals surface area contributed by atoms with Gasteiger partial charge in [0.2, 0.25) is 15.7 Å². The van der Waals surface area contributed by atoms with Crippen molar-refractivity contribution >= 4 is 37.6 Å². The lowest BCUT2D eigenvalue weighted by atomic mass is 10.1. The standard InChI is InChI=1S/C22H19N3O5S/c1-31(28,29)22(24-27)30-18-12-6-11-17-20(18)19-15(21(23)26)9-5-10-16(19)25(17)13-14-7-3-2-4-8-14/h2-12,22H,13H2,1H3,(H2,23,26). The fourth-order valence-electron chi connectivity index (χ4n) is 3.69. The first kappa shape index (κ1) is 20.5. The number of aromatic nitrogens is 1. The van der Waals surface area contributed by atoms with Crippen molar-refractivity contribution in [3.63, 3.8) is 0 Å². The number of amides is 1. The van der Waals surface area contributed by atoms with Gasteiger partial charge in [0.1, 0.15) is 5.75 Å². The Balaban J connectivity index is 2.04. The Morgan fingerprint density at radius 1 is 1.00 bits per heavy atom. The van der Waals surface area contributed by atoms with E-state index in [9.17, 15) is 18.1 Å². The molecule has 1 aromatic heterocycles. The summed E-state index contributed by atoms with van der Waals surface area (Å²) in [5.74, 6) is -0.509. The Morgan fingerprint density at radius 3 is 2.26 bits per heavy atom. The van der Waals surface area contributed by atoms with Crippen LogP contribution in [0.25, 0.3) is 21.8 Å². The molecule has 8 nitrogen and oxygen atoms in total. The highest BCUT2D eigenvalue weighted by atomic mass is 32.2. The second-order valence-electron chi connectivity index (χ2n) is 7.15. The zero-order valence-corrected chi connectivity index (χ0v) is 17.4. The van der Waals surface area contributed by atoms with E-state index in [2.05, 4.69) is 5.18 Å². The molecule has 0 aliphatic heterocycles. The molecular formula is C22H19N3O5S. The zero-order valence-electron chi connectivity index (χ0n) is 16.6. The number of benzene rings is 3. The number of hydrogen-bond donors (Lipinski definition) is 1. The van der Waals surface area contributed by atoms with Gasteiger partial charge in [-0.2, -0.15) is 0 Å². The van der Waals surface area contributed by atoms with Crippen LogP contribution in [0, 0.1) is 4.91 Å². The normalized spacial score (nSPS) is 12.7. The molecule has 0 saturated heterocycles. The summed E-state index contributed by atoms with van der Waals surface area (Å²) in [5, 5.41) is 3.62. The van der Waals surface area contributed by atoms with E-state index in [0.29, 0.717) is 22.8 Å². The number of fused-ring (bicyclic) bond motifs is 3. The largest absolute Gasteiger partial charge is 0.451 e. The zero-order chi connectivity index (χ0) is 22.2. The SMILES string of the molecule is CS(=O)(=O)C(N=O)Oc1cccc2c1c1c(C(N)=O)cccc1n2Cc1ccccc1. The van der Waals surface area contributed by atoms with Crippen molar-refractivity contribution in [2.75, 3.05) is 6.26 Å². The third kappa shape index (κ3) is 3.75. The van der Waals surface area contributed by atoms with E-state index < -0.39 is 21.3 Å². The minimum Gasteiger partial charge on any atom is -0.451 e. The maximum Gasteiger partial charge on any atom is 0.329 e. The summed E-state index contributed by atoms with van der Waals surface area (Å²) in [6.45, 7) is 0.494. The summed E-state index contributed by atoms with van der Waals surface area (Å²) in [6.07, 6.45) is 0.868. The fraction of sp³-hybridized carbons (Fsp3) is 0.136. The Hall–Kier alpha value is -3.72. The fourth-order valence-corrected chi connectivity index (χ4v) is 4.12. The number of ether oxygens (including phenoxy) is 1. The van der Waals surface area contributed by atoms with Crippen molar-refractivity contribution in [2.24, 2.45) is 10.9 Å². The van der Waals surface area contributed by atoms with E-state index in [1.54, 1.807) is 18.2 Å². The Morgan fingerprint density at radius 2 is 1.65 bits per heavy atom. The van der Waals surface area contributed by atoms with E-state index in [1.165, 1.54) is 6.07 Å². The molecule has 0 spiro atoms. The number of primary amides is 1. The number of nitroso groups, excluding NO2 is 1. The average Bonchev–Trinajstić information content (AvgIpc) is 3.06. The molecular weight excluding hydrogens is 418 g/mol. The van der Waals surface area contributed by atoms with Crippen LogP contribution in [0.1, 0.15) is 15.9 Å². The summed E-state index contributed by atoms with van der Waals surface area (Å²) in [7, 11) is -3.90. The van der Waals surface area contributed by atoms with E-state index >= 15 is 0 Å². The predicted octanol–water partition coefficient (Wildman–Crippen LogP) is 3.42. The lowest BCUT2D eigenvalue weighted by molar-refractivity contribution is 0.100. The van der Waals surface area contributed by atoms with Crippen molar-refractivity contribution < 1.29 is 17.9 Å². The predicted molar refractivity (Wildman–Crippen MR) is 119 cm³/mol. The minimum atomic E-state index is -3.90. The van der Waals surface area contributed by atoms with Crippen molar-refractivity contribution in [3.8, 4) is 5.75 Å². The first-order valence-electron chi connectivity index (χ1n) is 9.37. The summed E-state index contributed by atoms with van der Waals surface area (Å²) in [4.78, 5) is 23.3. The smallest absolute Gasteiger partial charge is 0.329 e. The van der Waals surface area contributed by atoms with Crippen LogP contribution in [0.15, 0.2) is 71.9 Å². The monoisotopic (exact) mass is 437 g/mol. The third-order valence-electron chi connectivity index (χ3n) is 5.01. The first-order chi connectivity index (χ1) is 14.8. The van der Waals surface area contributed by atoms with Crippen LogP contribution in [0.2, 0.25) is 0 Å². The van der Waals surface area contributed by atoms with Crippen molar-refractivity contribution in [1.29, 1.82) is 0 Å². The molecule has 4 aromatic rings. The van der Waals surface area contributed by atoms with Crippen molar-refractivity contribution in [3.05, 3.63) is 82.8 Å². The number of rotatable bonds is 7. The third-order valence-corrected chi connectivity index (χ3v) is 5.92. The lowest BCUT2D eigenvalue weighted by Crippen LogP contribution is -2.23. The summed E-state index contributed by atoms with van der Waals surface area (Å²) >= 11 is 0. The van der Waals surface area contributed by atoms with Crippen LogP contribution >= 0.6 is 0 Å². The Labute approximate surface area is 178 Å². The number of carbonyl (C=O) groups excluding carboxylic acids is 1. The summed E-state index contributed by atoms with van der Waals surface area (Å²) in [5.41, 5.74) is 6.43. The highest BCUT2D eigenvalue weighted by Gasteiger charge is 2.26. The molecule has 1 unspecified atom stereocenters. The molecule has 0 saturated carbocycles. The van der Waals surface area contributed by atoms with Gasteiger partial charge >= 0.3 is 5.56 Å². The van der Waals surface area contributed by atoms with Gasteiger partial charge in [0, 0.05) is 23.8 Å². The van der Waals surface area contributed by atoms with Gasteiger partial charge in [-0.1, -0.05) is 42.5 Å². The molecule has 31 heavy (non-hydrogen) atoms. The molecule has 1 atom stereocenters. The van der Waals surface area contributed by atoms with Gasteiger partial charge in [0.15, 0.2) is 0 Å². The van der Waals surface area contributed by atoms with Gasteiger partial charge in [-0.25, -0.2) is 8.42 Å². The molecule has 158 valence electrons. The van der Waals surface area contributed by atoms with Gasteiger partial charge in [-0.05, 0) is 35.0 Å². The molecule has 9 heteroatoms. The quantitative estimate of drug-likeness (QED) is 0.444. The maximum atomic E-state index is 12.2. The molecule has 4 rings (SSSR count). The summed E-state index contributed by atoms with van der Waals surface area (Å²) in [6, 6.07) is 20.0. The topological polar surface area (TPSA) is 121 Å². The van der Waals surface area contributed by atoms with Gasteiger partial charge in [-0.15, -0.1) is 4.91 Å². The summed E-state index contributed by atoms with van der Waals surface area (Å²) < 4.78 is 31.3. The van der Waals surface area contributed by atoms with Crippen LogP contribution in [-0.2, 0) is 16.4 Å². The van der Waals surface area contributed by atoms with E-state index in [0.717, 1.165) is 17.3 Å². The Bertz CT molecular complexity index is 1410. The van der Waals surface area contributed by atoms with Crippen molar-refractivity contribution in [1.82, 2.24) is 4.57 Å². The first-order valence-corrected chi connectivity index (χ1v) is 11.3. The van der Waals surface area contributed by atoms with Crippen LogP contribution in [0.4, 0.5) is 0 Å². The van der Waals surface area contributed by atoms with Gasteiger partial charge in [0.05, 0.1) is 16.4 Å².